The molecule has 0 saturated carbocycles. The van der Waals surface area contributed by atoms with E-state index >= 15 is 0 Å². The van der Waals surface area contributed by atoms with Gasteiger partial charge in [0.1, 0.15) is 5.82 Å². The molecule has 26 heavy (non-hydrogen) atoms. The zero-order valence-corrected chi connectivity index (χ0v) is 15.0. The molecule has 0 aliphatic heterocycles. The summed E-state index contributed by atoms with van der Waals surface area (Å²) in [5, 5.41) is 9.19. The summed E-state index contributed by atoms with van der Waals surface area (Å²) < 4.78 is 13.2. The Bertz CT molecular complexity index is 719. The number of halogens is 1. The van der Waals surface area contributed by atoms with Gasteiger partial charge in [0.25, 0.3) is 5.91 Å². The summed E-state index contributed by atoms with van der Waals surface area (Å²) in [5.74, 6) is 0.351. The zero-order valence-electron chi connectivity index (χ0n) is 15.0. The second-order valence-electron chi connectivity index (χ2n) is 5.69. The Morgan fingerprint density at radius 3 is 2.50 bits per heavy atom. The van der Waals surface area contributed by atoms with Crippen LogP contribution in [-0.2, 0) is 6.42 Å². The number of nitrogens with one attached hydrogen (secondary N) is 3. The predicted octanol–water partition coefficient (Wildman–Crippen LogP) is 2.35. The lowest BCUT2D eigenvalue weighted by molar-refractivity contribution is 0.0954. The number of aliphatic imine (C=N–C) groups is 1. The molecule has 1 amide bonds. The number of hydrogen-bond acceptors (Lipinski definition) is 2. The second kappa shape index (κ2) is 10.9. The van der Waals surface area contributed by atoms with Crippen molar-refractivity contribution < 1.29 is 9.18 Å². The standard InChI is InChI=1S/C20H25FN4O/c1-2-22-20(24-12-11-16-7-6-10-18(21)15-16)25-14-13-23-19(26)17-8-4-3-5-9-17/h3-10,15H,2,11-14H2,1H3,(H,23,26)(H2,22,24,25). The van der Waals surface area contributed by atoms with Crippen LogP contribution in [0.3, 0.4) is 0 Å². The molecule has 0 aliphatic rings. The molecule has 2 rings (SSSR count). The Labute approximate surface area is 153 Å². The van der Waals surface area contributed by atoms with E-state index in [1.807, 2.05) is 31.2 Å². The first-order valence-corrected chi connectivity index (χ1v) is 8.79. The maximum Gasteiger partial charge on any atom is 0.251 e. The van der Waals surface area contributed by atoms with Crippen molar-refractivity contribution in [2.24, 2.45) is 4.99 Å². The average Bonchev–Trinajstić information content (AvgIpc) is 2.65. The number of hydrogen-bond donors (Lipinski definition) is 3. The number of guanidine groups is 1. The molecule has 5 nitrogen and oxygen atoms in total. The SMILES string of the molecule is CCNC(=NCCc1cccc(F)c1)NCCNC(=O)c1ccccc1. The van der Waals surface area contributed by atoms with Crippen molar-refractivity contribution >= 4 is 11.9 Å². The molecule has 0 radical (unpaired) electrons. The molecule has 0 heterocycles. The highest BCUT2D eigenvalue weighted by Gasteiger charge is 2.03. The summed E-state index contributed by atoms with van der Waals surface area (Å²) in [5.41, 5.74) is 1.56. The Morgan fingerprint density at radius 1 is 1.00 bits per heavy atom. The fourth-order valence-corrected chi connectivity index (χ4v) is 2.38. The highest BCUT2D eigenvalue weighted by molar-refractivity contribution is 5.94. The van der Waals surface area contributed by atoms with Crippen LogP contribution in [0.4, 0.5) is 4.39 Å². The number of amides is 1. The Balaban J connectivity index is 1.74. The first-order chi connectivity index (χ1) is 12.7. The van der Waals surface area contributed by atoms with Crippen molar-refractivity contribution in [2.75, 3.05) is 26.2 Å². The third kappa shape index (κ3) is 6.93. The highest BCUT2D eigenvalue weighted by atomic mass is 19.1. The van der Waals surface area contributed by atoms with Gasteiger partial charge >= 0.3 is 0 Å². The summed E-state index contributed by atoms with van der Waals surface area (Å²) in [6.45, 7) is 4.32. The quantitative estimate of drug-likeness (QED) is 0.386. The molecular weight excluding hydrogens is 331 g/mol. The number of carbonyl (C=O) groups is 1. The van der Waals surface area contributed by atoms with Crippen molar-refractivity contribution in [3.8, 4) is 0 Å². The lowest BCUT2D eigenvalue weighted by Crippen LogP contribution is -2.41. The Morgan fingerprint density at radius 2 is 1.77 bits per heavy atom. The van der Waals surface area contributed by atoms with E-state index in [9.17, 15) is 9.18 Å². The molecule has 138 valence electrons. The van der Waals surface area contributed by atoms with E-state index in [2.05, 4.69) is 20.9 Å². The van der Waals surface area contributed by atoms with Crippen LogP contribution in [-0.4, -0.2) is 38.0 Å². The lowest BCUT2D eigenvalue weighted by Gasteiger charge is -2.12. The molecule has 0 aromatic heterocycles. The molecular formula is C20H25FN4O. The molecule has 0 spiro atoms. The largest absolute Gasteiger partial charge is 0.357 e. The van der Waals surface area contributed by atoms with Crippen LogP contribution in [0.2, 0.25) is 0 Å². The average molecular weight is 356 g/mol. The van der Waals surface area contributed by atoms with Crippen LogP contribution in [0.15, 0.2) is 59.6 Å². The van der Waals surface area contributed by atoms with Gasteiger partial charge in [0.15, 0.2) is 5.96 Å². The number of carbonyl (C=O) groups excluding carboxylic acids is 1. The minimum Gasteiger partial charge on any atom is -0.357 e. The van der Waals surface area contributed by atoms with E-state index in [0.717, 1.165) is 12.1 Å². The van der Waals surface area contributed by atoms with Gasteiger partial charge in [0, 0.05) is 31.7 Å². The van der Waals surface area contributed by atoms with Gasteiger partial charge in [-0.2, -0.15) is 0 Å². The third-order valence-electron chi connectivity index (χ3n) is 3.64. The van der Waals surface area contributed by atoms with Crippen LogP contribution in [0.25, 0.3) is 0 Å². The van der Waals surface area contributed by atoms with Crippen molar-refractivity contribution in [3.05, 3.63) is 71.5 Å². The molecule has 2 aromatic rings. The third-order valence-corrected chi connectivity index (χ3v) is 3.64. The number of benzene rings is 2. The molecule has 2 aromatic carbocycles. The maximum absolute atomic E-state index is 13.2. The van der Waals surface area contributed by atoms with Gasteiger partial charge in [0.2, 0.25) is 0 Å². The van der Waals surface area contributed by atoms with Crippen LogP contribution < -0.4 is 16.0 Å². The molecule has 0 aliphatic carbocycles. The van der Waals surface area contributed by atoms with Gasteiger partial charge in [-0.1, -0.05) is 30.3 Å². The molecule has 0 unspecified atom stereocenters. The molecule has 6 heteroatoms. The van der Waals surface area contributed by atoms with Crippen LogP contribution in [0.5, 0.6) is 0 Å². The first-order valence-electron chi connectivity index (χ1n) is 8.79. The molecule has 0 atom stereocenters. The van der Waals surface area contributed by atoms with Gasteiger partial charge < -0.3 is 16.0 Å². The second-order valence-corrected chi connectivity index (χ2v) is 5.69. The van der Waals surface area contributed by atoms with Crippen LogP contribution in [0.1, 0.15) is 22.8 Å². The normalized spacial score (nSPS) is 11.1. The molecule has 0 saturated heterocycles. The van der Waals surface area contributed by atoms with E-state index < -0.39 is 0 Å². The summed E-state index contributed by atoms with van der Waals surface area (Å²) in [6.07, 6.45) is 0.666. The predicted molar refractivity (Wildman–Crippen MR) is 103 cm³/mol. The van der Waals surface area contributed by atoms with E-state index in [4.69, 9.17) is 0 Å². The Hall–Kier alpha value is -2.89. The van der Waals surface area contributed by atoms with Crippen molar-refractivity contribution in [1.82, 2.24) is 16.0 Å². The van der Waals surface area contributed by atoms with E-state index in [1.165, 1.54) is 12.1 Å². The smallest absolute Gasteiger partial charge is 0.251 e. The van der Waals surface area contributed by atoms with Crippen molar-refractivity contribution in [1.29, 1.82) is 0 Å². The summed E-state index contributed by atoms with van der Waals surface area (Å²) >= 11 is 0. The van der Waals surface area contributed by atoms with Gasteiger partial charge in [-0.3, -0.25) is 9.79 Å². The fraction of sp³-hybridized carbons (Fsp3) is 0.300. The fourth-order valence-electron chi connectivity index (χ4n) is 2.38. The van der Waals surface area contributed by atoms with Crippen LogP contribution in [0, 0.1) is 5.82 Å². The summed E-state index contributed by atoms with van der Waals surface area (Å²) in [7, 11) is 0. The number of nitrogens with zero attached hydrogens (tertiary/aromatic N) is 1. The minimum atomic E-state index is -0.231. The molecule has 0 bridgehead atoms. The van der Waals surface area contributed by atoms with Gasteiger partial charge in [-0.05, 0) is 43.2 Å². The topological polar surface area (TPSA) is 65.5 Å². The minimum absolute atomic E-state index is 0.0968. The monoisotopic (exact) mass is 356 g/mol. The van der Waals surface area contributed by atoms with Gasteiger partial charge in [-0.25, -0.2) is 4.39 Å². The summed E-state index contributed by atoms with van der Waals surface area (Å²) in [6, 6.07) is 15.6. The Kier molecular flexibility index (Phi) is 8.12. The molecule has 3 N–H and O–H groups in total. The maximum atomic E-state index is 13.2. The van der Waals surface area contributed by atoms with E-state index in [-0.39, 0.29) is 11.7 Å². The van der Waals surface area contributed by atoms with Crippen LogP contribution >= 0.6 is 0 Å². The van der Waals surface area contributed by atoms with Gasteiger partial charge in [0.05, 0.1) is 0 Å². The van der Waals surface area contributed by atoms with Crippen molar-refractivity contribution in [2.45, 2.75) is 13.3 Å². The van der Waals surface area contributed by atoms with Crippen molar-refractivity contribution in [3.63, 3.8) is 0 Å². The first kappa shape index (κ1) is 19.4. The van der Waals surface area contributed by atoms with Gasteiger partial charge in [-0.15, -0.1) is 0 Å². The van der Waals surface area contributed by atoms with E-state index in [1.54, 1.807) is 18.2 Å². The zero-order chi connectivity index (χ0) is 18.6. The lowest BCUT2D eigenvalue weighted by atomic mass is 10.1. The highest BCUT2D eigenvalue weighted by Crippen LogP contribution is 2.04. The molecule has 0 fully saturated rings. The number of rotatable bonds is 8. The summed E-state index contributed by atoms with van der Waals surface area (Å²) in [4.78, 5) is 16.4. The van der Waals surface area contributed by atoms with E-state index in [0.29, 0.717) is 37.6 Å².